The van der Waals surface area contributed by atoms with E-state index < -0.39 is 0 Å². The summed E-state index contributed by atoms with van der Waals surface area (Å²) in [5.41, 5.74) is 2.87. The van der Waals surface area contributed by atoms with E-state index in [0.29, 0.717) is 5.92 Å². The van der Waals surface area contributed by atoms with Gasteiger partial charge in [0.05, 0.1) is 0 Å². The highest BCUT2D eigenvalue weighted by Crippen LogP contribution is 2.34. The highest BCUT2D eigenvalue weighted by Gasteiger charge is 2.32. The molecule has 1 heterocycles. The average Bonchev–Trinajstić information content (AvgIpc) is 3.12. The number of hydrogen-bond donors (Lipinski definition) is 1. The van der Waals surface area contributed by atoms with Crippen molar-refractivity contribution in [1.29, 1.82) is 0 Å². The number of anilines is 1. The van der Waals surface area contributed by atoms with E-state index in [1.54, 1.807) is 0 Å². The third-order valence-corrected chi connectivity index (χ3v) is 3.97. The van der Waals surface area contributed by atoms with Crippen molar-refractivity contribution in [2.45, 2.75) is 38.1 Å². The van der Waals surface area contributed by atoms with Gasteiger partial charge in [-0.3, -0.25) is 4.90 Å². The second-order valence-electron chi connectivity index (χ2n) is 5.39. The van der Waals surface area contributed by atoms with Crippen LogP contribution in [0.5, 0.6) is 0 Å². The van der Waals surface area contributed by atoms with E-state index in [9.17, 15) is 0 Å². The summed E-state index contributed by atoms with van der Waals surface area (Å²) in [7, 11) is 0. The summed E-state index contributed by atoms with van der Waals surface area (Å²) >= 11 is 0. The first-order chi connectivity index (χ1) is 8.38. The Labute approximate surface area is 104 Å². The predicted octanol–water partition coefficient (Wildman–Crippen LogP) is 3.07. The minimum absolute atomic E-state index is 0.693. The molecule has 1 N–H and O–H groups in total. The summed E-state index contributed by atoms with van der Waals surface area (Å²) in [6.07, 6.45) is 4.11. The maximum absolute atomic E-state index is 3.53. The first kappa shape index (κ1) is 11.1. The Morgan fingerprint density at radius 3 is 2.88 bits per heavy atom. The van der Waals surface area contributed by atoms with E-state index in [1.807, 2.05) is 0 Å². The van der Waals surface area contributed by atoms with E-state index in [-0.39, 0.29) is 0 Å². The number of fused-ring (bicyclic) bond motifs is 1. The molecule has 1 unspecified atom stereocenters. The monoisotopic (exact) mass is 230 g/mol. The molecule has 1 aliphatic carbocycles. The molecule has 3 rings (SSSR count). The molecule has 0 amide bonds. The molecule has 92 valence electrons. The summed E-state index contributed by atoms with van der Waals surface area (Å²) in [6, 6.07) is 9.68. The van der Waals surface area contributed by atoms with Crippen LogP contribution < -0.4 is 5.32 Å². The van der Waals surface area contributed by atoms with E-state index in [1.165, 1.54) is 43.6 Å². The Bertz CT molecular complexity index is 384. The molecule has 0 saturated heterocycles. The third-order valence-electron chi connectivity index (χ3n) is 3.97. The van der Waals surface area contributed by atoms with Gasteiger partial charge in [0.25, 0.3) is 0 Å². The molecule has 17 heavy (non-hydrogen) atoms. The fraction of sp³-hybridized carbons (Fsp3) is 0.600. The molecule has 1 fully saturated rings. The zero-order valence-corrected chi connectivity index (χ0v) is 10.7. The SMILES string of the molecule is CCCN(CC1CNc2ccccc21)C1CC1. The third kappa shape index (κ3) is 2.32. The summed E-state index contributed by atoms with van der Waals surface area (Å²) < 4.78 is 0. The molecule has 2 aliphatic rings. The quantitative estimate of drug-likeness (QED) is 0.836. The van der Waals surface area contributed by atoms with Crippen LogP contribution in [0.15, 0.2) is 24.3 Å². The van der Waals surface area contributed by atoms with Crippen molar-refractivity contribution in [2.24, 2.45) is 0 Å². The van der Waals surface area contributed by atoms with Crippen molar-refractivity contribution < 1.29 is 0 Å². The second kappa shape index (κ2) is 4.69. The minimum Gasteiger partial charge on any atom is -0.384 e. The molecule has 1 aromatic rings. The molecule has 2 nitrogen and oxygen atoms in total. The van der Waals surface area contributed by atoms with Crippen LogP contribution in [0, 0.1) is 0 Å². The maximum Gasteiger partial charge on any atom is 0.0376 e. The Morgan fingerprint density at radius 1 is 1.29 bits per heavy atom. The molecule has 0 aromatic heterocycles. The highest BCUT2D eigenvalue weighted by atomic mass is 15.2. The van der Waals surface area contributed by atoms with E-state index in [4.69, 9.17) is 0 Å². The van der Waals surface area contributed by atoms with Gasteiger partial charge in [0, 0.05) is 30.7 Å². The zero-order valence-electron chi connectivity index (χ0n) is 10.7. The number of rotatable bonds is 5. The molecule has 0 radical (unpaired) electrons. The summed E-state index contributed by atoms with van der Waals surface area (Å²) in [5.74, 6) is 0.693. The Morgan fingerprint density at radius 2 is 2.12 bits per heavy atom. The van der Waals surface area contributed by atoms with Gasteiger partial charge in [0.15, 0.2) is 0 Å². The maximum atomic E-state index is 3.53. The van der Waals surface area contributed by atoms with Crippen LogP contribution in [0.1, 0.15) is 37.7 Å². The van der Waals surface area contributed by atoms with Crippen LogP contribution in [-0.4, -0.2) is 30.6 Å². The summed E-state index contributed by atoms with van der Waals surface area (Å²) in [6.45, 7) is 5.91. The first-order valence-corrected chi connectivity index (χ1v) is 6.95. The minimum atomic E-state index is 0.693. The van der Waals surface area contributed by atoms with Crippen LogP contribution in [0.4, 0.5) is 5.69 Å². The lowest BCUT2D eigenvalue weighted by atomic mass is 10.0. The van der Waals surface area contributed by atoms with Gasteiger partial charge >= 0.3 is 0 Å². The smallest absolute Gasteiger partial charge is 0.0376 e. The van der Waals surface area contributed by atoms with E-state index >= 15 is 0 Å². The molecule has 1 saturated carbocycles. The van der Waals surface area contributed by atoms with Gasteiger partial charge in [0.2, 0.25) is 0 Å². The van der Waals surface area contributed by atoms with Crippen LogP contribution in [0.25, 0.3) is 0 Å². The largest absolute Gasteiger partial charge is 0.384 e. The Balaban J connectivity index is 1.69. The van der Waals surface area contributed by atoms with Crippen molar-refractivity contribution in [1.82, 2.24) is 4.90 Å². The molecule has 1 aromatic carbocycles. The lowest BCUT2D eigenvalue weighted by molar-refractivity contribution is 0.251. The number of nitrogens with one attached hydrogen (secondary N) is 1. The van der Waals surface area contributed by atoms with Crippen molar-refractivity contribution in [2.75, 3.05) is 25.0 Å². The highest BCUT2D eigenvalue weighted by molar-refractivity contribution is 5.57. The first-order valence-electron chi connectivity index (χ1n) is 6.95. The molecule has 1 aliphatic heterocycles. The molecular formula is C15H22N2. The van der Waals surface area contributed by atoms with Gasteiger partial charge in [-0.25, -0.2) is 0 Å². The zero-order chi connectivity index (χ0) is 11.7. The molecule has 1 atom stereocenters. The van der Waals surface area contributed by atoms with Gasteiger partial charge in [-0.15, -0.1) is 0 Å². The van der Waals surface area contributed by atoms with Crippen LogP contribution >= 0.6 is 0 Å². The number of hydrogen-bond acceptors (Lipinski definition) is 2. The van der Waals surface area contributed by atoms with Crippen molar-refractivity contribution in [3.05, 3.63) is 29.8 Å². The standard InChI is InChI=1S/C15H22N2/c1-2-9-17(13-7-8-13)11-12-10-16-15-6-4-3-5-14(12)15/h3-6,12-13,16H,2,7-11H2,1H3. The van der Waals surface area contributed by atoms with E-state index in [0.717, 1.165) is 12.6 Å². The lowest BCUT2D eigenvalue weighted by Gasteiger charge is -2.24. The van der Waals surface area contributed by atoms with Crippen LogP contribution in [0.3, 0.4) is 0 Å². The summed E-state index contributed by atoms with van der Waals surface area (Å²) in [5, 5.41) is 3.53. The molecular weight excluding hydrogens is 208 g/mol. The molecule has 0 bridgehead atoms. The lowest BCUT2D eigenvalue weighted by Crippen LogP contribution is -2.32. The molecule has 2 heteroatoms. The van der Waals surface area contributed by atoms with Crippen molar-refractivity contribution >= 4 is 5.69 Å². The van der Waals surface area contributed by atoms with Gasteiger partial charge in [-0.1, -0.05) is 25.1 Å². The Hall–Kier alpha value is -1.02. The topological polar surface area (TPSA) is 15.3 Å². The number of nitrogens with zero attached hydrogens (tertiary/aromatic N) is 1. The van der Waals surface area contributed by atoms with Gasteiger partial charge < -0.3 is 5.32 Å². The predicted molar refractivity (Wildman–Crippen MR) is 72.6 cm³/mol. The van der Waals surface area contributed by atoms with Crippen LogP contribution in [-0.2, 0) is 0 Å². The van der Waals surface area contributed by atoms with Crippen molar-refractivity contribution in [3.8, 4) is 0 Å². The van der Waals surface area contributed by atoms with Gasteiger partial charge in [-0.05, 0) is 37.4 Å². The normalized spacial score (nSPS) is 22.6. The van der Waals surface area contributed by atoms with Crippen LogP contribution in [0.2, 0.25) is 0 Å². The van der Waals surface area contributed by atoms with Gasteiger partial charge in [0.1, 0.15) is 0 Å². The van der Waals surface area contributed by atoms with Gasteiger partial charge in [-0.2, -0.15) is 0 Å². The average molecular weight is 230 g/mol. The summed E-state index contributed by atoms with van der Waals surface area (Å²) in [4.78, 5) is 2.70. The fourth-order valence-electron chi connectivity index (χ4n) is 2.95. The number of para-hydroxylation sites is 1. The number of benzene rings is 1. The fourth-order valence-corrected chi connectivity index (χ4v) is 2.95. The van der Waals surface area contributed by atoms with E-state index in [2.05, 4.69) is 41.4 Å². The second-order valence-corrected chi connectivity index (χ2v) is 5.39. The molecule has 0 spiro atoms. The van der Waals surface area contributed by atoms with Crippen molar-refractivity contribution in [3.63, 3.8) is 0 Å². The Kier molecular flexibility index (Phi) is 3.06.